The number of thiocarbonyl (C=S) groups is 1. The smallest absolute Gasteiger partial charge is 0.231 e. The maximum atomic E-state index is 5.40. The van der Waals surface area contributed by atoms with Crippen LogP contribution in [0.4, 0.5) is 11.5 Å². The molecule has 0 radical (unpaired) electrons. The van der Waals surface area contributed by atoms with Gasteiger partial charge >= 0.3 is 0 Å². The van der Waals surface area contributed by atoms with Gasteiger partial charge < -0.3 is 25.0 Å². The molecule has 2 aliphatic rings. The molecule has 4 rings (SSSR count). The number of hydrogen-bond donors (Lipinski definition) is 2. The van der Waals surface area contributed by atoms with Gasteiger partial charge in [-0.05, 0) is 68.2 Å². The van der Waals surface area contributed by atoms with Crippen LogP contribution in [-0.2, 0) is 6.54 Å². The number of nitrogens with zero attached hydrogens (tertiary/aromatic N) is 2. The summed E-state index contributed by atoms with van der Waals surface area (Å²) in [5.41, 5.74) is 1.96. The van der Waals surface area contributed by atoms with E-state index in [2.05, 4.69) is 33.5 Å². The molecule has 3 heterocycles. The fraction of sp³-hybridized carbons (Fsp3) is 0.400. The number of benzene rings is 1. The van der Waals surface area contributed by atoms with Gasteiger partial charge in [0.1, 0.15) is 5.82 Å². The summed E-state index contributed by atoms with van der Waals surface area (Å²) in [5, 5.41) is 6.96. The zero-order valence-electron chi connectivity index (χ0n) is 15.4. The average molecular weight is 385 g/mol. The van der Waals surface area contributed by atoms with E-state index in [1.807, 2.05) is 30.5 Å². The van der Waals surface area contributed by atoms with E-state index in [1.54, 1.807) is 0 Å². The molecule has 2 aromatic rings. The standard InChI is InChI=1S/C20H24N4O2S/c1-14-4-2-3-9-24(14)19-8-6-16(12-21-19)23-20(27)22-11-15-5-7-17-18(10-15)26-13-25-17/h5-8,10,12,14H,2-4,9,11,13H2,1H3,(H2,22,23,27)/t14-/m0/s1. The summed E-state index contributed by atoms with van der Waals surface area (Å²) in [4.78, 5) is 6.99. The van der Waals surface area contributed by atoms with E-state index in [4.69, 9.17) is 21.7 Å². The Kier molecular flexibility index (Phi) is 5.29. The summed E-state index contributed by atoms with van der Waals surface area (Å²) >= 11 is 5.39. The zero-order chi connectivity index (χ0) is 18.6. The zero-order valence-corrected chi connectivity index (χ0v) is 16.2. The normalized spacial score (nSPS) is 18.3. The summed E-state index contributed by atoms with van der Waals surface area (Å²) in [6, 6.07) is 10.5. The van der Waals surface area contributed by atoms with E-state index in [9.17, 15) is 0 Å². The quantitative estimate of drug-likeness (QED) is 0.780. The molecule has 2 N–H and O–H groups in total. The first kappa shape index (κ1) is 17.9. The van der Waals surface area contributed by atoms with Gasteiger partial charge in [0.05, 0.1) is 11.9 Å². The second-order valence-electron chi connectivity index (χ2n) is 6.94. The molecule has 6 nitrogen and oxygen atoms in total. The summed E-state index contributed by atoms with van der Waals surface area (Å²) in [7, 11) is 0. The van der Waals surface area contributed by atoms with Crippen molar-refractivity contribution < 1.29 is 9.47 Å². The fourth-order valence-electron chi connectivity index (χ4n) is 3.48. The molecule has 1 aromatic carbocycles. The van der Waals surface area contributed by atoms with E-state index in [0.29, 0.717) is 17.7 Å². The van der Waals surface area contributed by atoms with Gasteiger partial charge in [0.15, 0.2) is 16.6 Å². The van der Waals surface area contributed by atoms with Crippen molar-refractivity contribution in [3.05, 3.63) is 42.1 Å². The van der Waals surface area contributed by atoms with Crippen molar-refractivity contribution in [2.75, 3.05) is 23.6 Å². The highest BCUT2D eigenvalue weighted by Crippen LogP contribution is 2.32. The third-order valence-corrected chi connectivity index (χ3v) is 5.24. The SMILES string of the molecule is C[C@H]1CCCCN1c1ccc(NC(=S)NCc2ccc3c(c2)OCO3)cn1. The third kappa shape index (κ3) is 4.24. The van der Waals surface area contributed by atoms with Crippen LogP contribution in [0.2, 0.25) is 0 Å². The first-order valence-corrected chi connectivity index (χ1v) is 9.76. The number of nitrogens with one attached hydrogen (secondary N) is 2. The Morgan fingerprint density at radius 2 is 2.11 bits per heavy atom. The highest BCUT2D eigenvalue weighted by Gasteiger charge is 2.19. The summed E-state index contributed by atoms with van der Waals surface area (Å²) in [5.74, 6) is 2.60. The number of ether oxygens (including phenoxy) is 2. The van der Waals surface area contributed by atoms with Crippen molar-refractivity contribution in [3.8, 4) is 11.5 Å². The number of pyridine rings is 1. The Morgan fingerprint density at radius 1 is 1.22 bits per heavy atom. The monoisotopic (exact) mass is 384 g/mol. The van der Waals surface area contributed by atoms with Crippen molar-refractivity contribution in [3.63, 3.8) is 0 Å². The van der Waals surface area contributed by atoms with Gasteiger partial charge in [-0.15, -0.1) is 0 Å². The van der Waals surface area contributed by atoms with Crippen LogP contribution in [0.15, 0.2) is 36.5 Å². The lowest BCUT2D eigenvalue weighted by atomic mass is 10.0. The van der Waals surface area contributed by atoms with Gasteiger partial charge in [-0.25, -0.2) is 4.98 Å². The van der Waals surface area contributed by atoms with E-state index in [1.165, 1.54) is 19.3 Å². The molecule has 2 aliphatic heterocycles. The first-order valence-electron chi connectivity index (χ1n) is 9.35. The van der Waals surface area contributed by atoms with Gasteiger partial charge in [-0.3, -0.25) is 0 Å². The Labute approximate surface area is 164 Å². The van der Waals surface area contributed by atoms with Gasteiger partial charge in [0.25, 0.3) is 0 Å². The third-order valence-electron chi connectivity index (χ3n) is 4.99. The van der Waals surface area contributed by atoms with E-state index in [0.717, 1.165) is 35.1 Å². The minimum atomic E-state index is 0.283. The number of fused-ring (bicyclic) bond motifs is 1. The fourth-order valence-corrected chi connectivity index (χ4v) is 3.67. The van der Waals surface area contributed by atoms with Crippen molar-refractivity contribution in [2.45, 2.75) is 38.8 Å². The lowest BCUT2D eigenvalue weighted by Gasteiger charge is -2.34. The number of hydrogen-bond acceptors (Lipinski definition) is 5. The van der Waals surface area contributed by atoms with Crippen molar-refractivity contribution >= 4 is 28.8 Å². The molecular formula is C20H24N4O2S. The Bertz CT molecular complexity index is 812. The molecule has 27 heavy (non-hydrogen) atoms. The van der Waals surface area contributed by atoms with Crippen LogP contribution in [0.5, 0.6) is 11.5 Å². The molecule has 1 aromatic heterocycles. The van der Waals surface area contributed by atoms with Crippen LogP contribution < -0.4 is 25.0 Å². The molecule has 0 bridgehead atoms. The topological polar surface area (TPSA) is 58.7 Å². The minimum Gasteiger partial charge on any atom is -0.454 e. The molecular weight excluding hydrogens is 360 g/mol. The predicted octanol–water partition coefficient (Wildman–Crippen LogP) is 3.68. The Hall–Kier alpha value is -2.54. The molecule has 142 valence electrons. The number of piperidine rings is 1. The minimum absolute atomic E-state index is 0.283. The molecule has 1 atom stereocenters. The van der Waals surface area contributed by atoms with Crippen LogP contribution in [0.25, 0.3) is 0 Å². The first-order chi connectivity index (χ1) is 13.2. The second-order valence-corrected chi connectivity index (χ2v) is 7.35. The lowest BCUT2D eigenvalue weighted by molar-refractivity contribution is 0.174. The molecule has 1 saturated heterocycles. The number of rotatable bonds is 4. The summed E-state index contributed by atoms with van der Waals surface area (Å²) in [6.07, 6.45) is 5.61. The molecule has 0 spiro atoms. The van der Waals surface area contributed by atoms with Crippen molar-refractivity contribution in [1.29, 1.82) is 0 Å². The average Bonchev–Trinajstić information content (AvgIpc) is 3.15. The molecule has 7 heteroatoms. The van der Waals surface area contributed by atoms with Crippen LogP contribution in [0, 0.1) is 0 Å². The lowest BCUT2D eigenvalue weighted by Crippen LogP contribution is -2.37. The van der Waals surface area contributed by atoms with Gasteiger partial charge in [0.2, 0.25) is 6.79 Å². The van der Waals surface area contributed by atoms with Crippen molar-refractivity contribution in [1.82, 2.24) is 10.3 Å². The summed E-state index contributed by atoms with van der Waals surface area (Å²) < 4.78 is 10.7. The van der Waals surface area contributed by atoms with Crippen molar-refractivity contribution in [2.24, 2.45) is 0 Å². The molecule has 1 fully saturated rings. The number of aromatic nitrogens is 1. The van der Waals surface area contributed by atoms with E-state index < -0.39 is 0 Å². The maximum Gasteiger partial charge on any atom is 0.231 e. The maximum absolute atomic E-state index is 5.40. The highest BCUT2D eigenvalue weighted by molar-refractivity contribution is 7.80. The van der Waals surface area contributed by atoms with Crippen LogP contribution >= 0.6 is 12.2 Å². The van der Waals surface area contributed by atoms with Gasteiger partial charge in [0, 0.05) is 19.1 Å². The van der Waals surface area contributed by atoms with Crippen LogP contribution in [-0.4, -0.2) is 29.5 Å². The van der Waals surface area contributed by atoms with Crippen LogP contribution in [0.3, 0.4) is 0 Å². The Balaban J connectivity index is 1.30. The van der Waals surface area contributed by atoms with Crippen LogP contribution in [0.1, 0.15) is 31.7 Å². The Morgan fingerprint density at radius 3 is 2.93 bits per heavy atom. The highest BCUT2D eigenvalue weighted by atomic mass is 32.1. The summed E-state index contributed by atoms with van der Waals surface area (Å²) in [6.45, 7) is 4.24. The van der Waals surface area contributed by atoms with E-state index >= 15 is 0 Å². The van der Waals surface area contributed by atoms with E-state index in [-0.39, 0.29) is 6.79 Å². The molecule has 0 amide bonds. The van der Waals surface area contributed by atoms with Gasteiger partial charge in [-0.1, -0.05) is 6.07 Å². The number of anilines is 2. The predicted molar refractivity (Wildman–Crippen MR) is 111 cm³/mol. The molecule has 0 saturated carbocycles. The molecule has 0 unspecified atom stereocenters. The second kappa shape index (κ2) is 8.00. The largest absolute Gasteiger partial charge is 0.454 e. The molecule has 0 aliphatic carbocycles. The van der Waals surface area contributed by atoms with Gasteiger partial charge in [-0.2, -0.15) is 0 Å².